The van der Waals surface area contributed by atoms with Crippen LogP contribution in [0, 0.1) is 0 Å². The van der Waals surface area contributed by atoms with E-state index in [0.717, 1.165) is 5.56 Å². The van der Waals surface area contributed by atoms with Crippen LogP contribution in [0.15, 0.2) is 48.7 Å². The SMILES string of the molecule is NC(=O)Nc1ccc2c(c1)/C(=C/c1cc(-c3ccc(O)c(O)c3)c[nH]1)C(=O)N2. The molecule has 1 aliphatic rings. The van der Waals surface area contributed by atoms with Crippen molar-refractivity contribution in [1.29, 1.82) is 0 Å². The Morgan fingerprint density at radius 3 is 2.61 bits per heavy atom. The number of aromatic nitrogens is 1. The molecule has 3 aromatic rings. The second kappa shape index (κ2) is 6.51. The van der Waals surface area contributed by atoms with Crippen molar-refractivity contribution in [3.63, 3.8) is 0 Å². The number of nitrogens with one attached hydrogen (secondary N) is 3. The summed E-state index contributed by atoms with van der Waals surface area (Å²) in [6.45, 7) is 0. The molecule has 28 heavy (non-hydrogen) atoms. The lowest BCUT2D eigenvalue weighted by Crippen LogP contribution is -2.19. The van der Waals surface area contributed by atoms with Gasteiger partial charge in [-0.25, -0.2) is 4.79 Å². The molecule has 8 heteroatoms. The molecule has 0 bridgehead atoms. The van der Waals surface area contributed by atoms with Gasteiger partial charge in [0, 0.05) is 28.8 Å². The molecule has 7 N–H and O–H groups in total. The molecule has 8 nitrogen and oxygen atoms in total. The number of aromatic amines is 1. The summed E-state index contributed by atoms with van der Waals surface area (Å²) in [5.74, 6) is -0.664. The molecule has 0 spiro atoms. The first-order chi connectivity index (χ1) is 13.4. The molecule has 0 unspecified atom stereocenters. The van der Waals surface area contributed by atoms with Crippen molar-refractivity contribution in [3.05, 3.63) is 59.9 Å². The van der Waals surface area contributed by atoms with Crippen LogP contribution in [0.1, 0.15) is 11.3 Å². The lowest BCUT2D eigenvalue weighted by atomic mass is 10.0. The summed E-state index contributed by atoms with van der Waals surface area (Å²) in [7, 11) is 0. The number of amides is 3. The van der Waals surface area contributed by atoms with Crippen LogP contribution in [0.5, 0.6) is 11.5 Å². The van der Waals surface area contributed by atoms with Gasteiger partial charge in [-0.1, -0.05) is 6.07 Å². The molecule has 2 heterocycles. The minimum atomic E-state index is -0.686. The molecular weight excluding hydrogens is 360 g/mol. The average Bonchev–Trinajstić information content (AvgIpc) is 3.22. The lowest BCUT2D eigenvalue weighted by Gasteiger charge is -2.04. The molecule has 2 aromatic carbocycles. The van der Waals surface area contributed by atoms with Crippen molar-refractivity contribution < 1.29 is 19.8 Å². The third kappa shape index (κ3) is 3.14. The van der Waals surface area contributed by atoms with Crippen molar-refractivity contribution in [2.45, 2.75) is 0 Å². The van der Waals surface area contributed by atoms with Gasteiger partial charge in [-0.05, 0) is 53.6 Å². The zero-order chi connectivity index (χ0) is 19.8. The standard InChI is InChI=1S/C20H16N4O4/c21-20(28)23-12-2-3-16-14(7-12)15(19(27)24-16)8-13-5-11(9-22-13)10-1-4-17(25)18(26)6-10/h1-9,22,25-26H,(H,24,27)(H3,21,23,28)/b15-8-. The molecule has 4 rings (SSSR count). The predicted molar refractivity (Wildman–Crippen MR) is 106 cm³/mol. The summed E-state index contributed by atoms with van der Waals surface area (Å²) in [4.78, 5) is 26.5. The summed E-state index contributed by atoms with van der Waals surface area (Å²) < 4.78 is 0. The minimum absolute atomic E-state index is 0.193. The van der Waals surface area contributed by atoms with Crippen LogP contribution < -0.4 is 16.4 Å². The number of phenols is 2. The Morgan fingerprint density at radius 1 is 1.04 bits per heavy atom. The number of carbonyl (C=O) groups excluding carboxylic acids is 2. The van der Waals surface area contributed by atoms with Gasteiger partial charge in [0.1, 0.15) is 0 Å². The summed E-state index contributed by atoms with van der Waals surface area (Å²) in [6, 6.07) is 10.7. The van der Waals surface area contributed by atoms with Crippen molar-refractivity contribution in [1.82, 2.24) is 4.98 Å². The third-order valence-corrected chi connectivity index (χ3v) is 4.38. The van der Waals surface area contributed by atoms with Gasteiger partial charge in [0.2, 0.25) is 0 Å². The minimum Gasteiger partial charge on any atom is -0.504 e. The van der Waals surface area contributed by atoms with Gasteiger partial charge in [-0.3, -0.25) is 4.79 Å². The first-order valence-electron chi connectivity index (χ1n) is 8.35. The summed E-state index contributed by atoms with van der Waals surface area (Å²) in [5.41, 5.74) is 9.52. The Bertz CT molecular complexity index is 1150. The molecule has 0 fully saturated rings. The number of phenolic OH excluding ortho intramolecular Hbond substituents is 2. The molecule has 1 aliphatic heterocycles. The highest BCUT2D eigenvalue weighted by molar-refractivity contribution is 6.35. The summed E-state index contributed by atoms with van der Waals surface area (Å²) >= 11 is 0. The molecule has 0 saturated carbocycles. The number of aromatic hydroxyl groups is 2. The largest absolute Gasteiger partial charge is 0.504 e. The van der Waals surface area contributed by atoms with E-state index in [4.69, 9.17) is 5.73 Å². The third-order valence-electron chi connectivity index (χ3n) is 4.38. The van der Waals surface area contributed by atoms with Crippen molar-refractivity contribution in [3.8, 4) is 22.6 Å². The van der Waals surface area contributed by atoms with Crippen molar-refractivity contribution >= 4 is 35.0 Å². The maximum atomic E-state index is 12.4. The molecule has 0 atom stereocenters. The normalized spacial score (nSPS) is 14.0. The first-order valence-corrected chi connectivity index (χ1v) is 8.35. The molecule has 3 amide bonds. The van der Waals surface area contributed by atoms with Crippen LogP contribution in [0.25, 0.3) is 22.8 Å². The summed E-state index contributed by atoms with van der Waals surface area (Å²) in [5, 5.41) is 24.4. The zero-order valence-corrected chi connectivity index (χ0v) is 14.5. The fourth-order valence-electron chi connectivity index (χ4n) is 3.07. The number of fused-ring (bicyclic) bond motifs is 1. The lowest BCUT2D eigenvalue weighted by molar-refractivity contribution is -0.110. The molecule has 0 aliphatic carbocycles. The molecular formula is C20H16N4O4. The first kappa shape index (κ1) is 17.2. The number of primary amides is 1. The van der Waals surface area contributed by atoms with E-state index in [0.29, 0.717) is 33.8 Å². The van der Waals surface area contributed by atoms with E-state index in [2.05, 4.69) is 15.6 Å². The van der Waals surface area contributed by atoms with Gasteiger partial charge in [-0.2, -0.15) is 0 Å². The number of carbonyl (C=O) groups is 2. The van der Waals surface area contributed by atoms with Gasteiger partial charge in [0.15, 0.2) is 11.5 Å². The van der Waals surface area contributed by atoms with Crippen molar-refractivity contribution in [2.24, 2.45) is 5.73 Å². The Kier molecular flexibility index (Phi) is 4.00. The number of nitrogens with two attached hydrogens (primary N) is 1. The molecule has 1 aromatic heterocycles. The Hall–Kier alpha value is -4.20. The second-order valence-electron chi connectivity index (χ2n) is 6.31. The van der Waals surface area contributed by atoms with E-state index in [1.54, 1.807) is 36.5 Å². The van der Waals surface area contributed by atoms with Crippen molar-refractivity contribution in [2.75, 3.05) is 10.6 Å². The van der Waals surface area contributed by atoms with Crippen LogP contribution in [0.2, 0.25) is 0 Å². The van der Waals surface area contributed by atoms with Crippen LogP contribution in [-0.4, -0.2) is 27.1 Å². The zero-order valence-electron chi connectivity index (χ0n) is 14.5. The van der Waals surface area contributed by atoms with E-state index >= 15 is 0 Å². The number of hydrogen-bond acceptors (Lipinski definition) is 4. The Labute approximate surface area is 159 Å². The quantitative estimate of drug-likeness (QED) is 0.309. The smallest absolute Gasteiger partial charge is 0.316 e. The number of benzene rings is 2. The molecule has 0 saturated heterocycles. The second-order valence-corrected chi connectivity index (χ2v) is 6.31. The van der Waals surface area contributed by atoms with E-state index < -0.39 is 6.03 Å². The highest BCUT2D eigenvalue weighted by Crippen LogP contribution is 2.36. The number of anilines is 2. The highest BCUT2D eigenvalue weighted by atomic mass is 16.3. The number of hydrogen-bond donors (Lipinski definition) is 6. The number of urea groups is 1. The Balaban J connectivity index is 1.69. The number of rotatable bonds is 3. The topological polar surface area (TPSA) is 140 Å². The highest BCUT2D eigenvalue weighted by Gasteiger charge is 2.24. The molecule has 0 radical (unpaired) electrons. The maximum Gasteiger partial charge on any atom is 0.316 e. The molecule has 140 valence electrons. The van der Waals surface area contributed by atoms with Gasteiger partial charge in [0.25, 0.3) is 5.91 Å². The number of H-pyrrole nitrogens is 1. The monoisotopic (exact) mass is 376 g/mol. The van der Waals surface area contributed by atoms with E-state index in [1.165, 1.54) is 12.1 Å². The van der Waals surface area contributed by atoms with Gasteiger partial charge >= 0.3 is 6.03 Å². The van der Waals surface area contributed by atoms with Gasteiger partial charge < -0.3 is 31.6 Å². The van der Waals surface area contributed by atoms with E-state index in [-0.39, 0.29) is 17.4 Å². The van der Waals surface area contributed by atoms with Crippen LogP contribution in [-0.2, 0) is 4.79 Å². The van der Waals surface area contributed by atoms with Crippen LogP contribution >= 0.6 is 0 Å². The average molecular weight is 376 g/mol. The van der Waals surface area contributed by atoms with Crippen LogP contribution in [0.4, 0.5) is 16.2 Å². The fourth-order valence-corrected chi connectivity index (χ4v) is 3.07. The fraction of sp³-hybridized carbons (Fsp3) is 0. The van der Waals surface area contributed by atoms with Crippen LogP contribution in [0.3, 0.4) is 0 Å². The van der Waals surface area contributed by atoms with E-state index in [1.807, 2.05) is 6.07 Å². The summed E-state index contributed by atoms with van der Waals surface area (Å²) in [6.07, 6.45) is 3.43. The van der Waals surface area contributed by atoms with E-state index in [9.17, 15) is 19.8 Å². The Morgan fingerprint density at radius 2 is 1.86 bits per heavy atom. The van der Waals surface area contributed by atoms with Gasteiger partial charge in [-0.15, -0.1) is 0 Å². The predicted octanol–water partition coefficient (Wildman–Crippen LogP) is 3.08. The van der Waals surface area contributed by atoms with Gasteiger partial charge in [0.05, 0.1) is 5.57 Å². The maximum absolute atomic E-state index is 12.4.